The molecule has 2 aliphatic rings. The molecule has 0 aromatic rings. The number of aliphatic hydroxyl groups is 1. The van der Waals surface area contributed by atoms with Crippen molar-refractivity contribution in [3.05, 3.63) is 97.2 Å². The summed E-state index contributed by atoms with van der Waals surface area (Å²) in [6, 6.07) is 0. The summed E-state index contributed by atoms with van der Waals surface area (Å²) in [5.41, 5.74) is 0.869. The van der Waals surface area contributed by atoms with Gasteiger partial charge in [-0.1, -0.05) is 345 Å². The van der Waals surface area contributed by atoms with E-state index in [9.17, 15) is 9.90 Å². The van der Waals surface area contributed by atoms with Crippen molar-refractivity contribution < 1.29 is 14.6 Å². The van der Waals surface area contributed by atoms with Crippen molar-refractivity contribution in [3.63, 3.8) is 0 Å². The highest BCUT2D eigenvalue weighted by atomic mass is 16.5. The van der Waals surface area contributed by atoms with Crippen LogP contribution in [0.3, 0.4) is 0 Å². The number of rotatable bonds is 68. The average molecular weight is 1350 g/mol. The van der Waals surface area contributed by atoms with Gasteiger partial charge in [0.1, 0.15) is 6.10 Å². The molecule has 4 heteroatoms. The Labute approximate surface area is 610 Å². The Morgan fingerprint density at radius 3 is 0.825 bits per heavy atom. The summed E-state index contributed by atoms with van der Waals surface area (Å²) in [5.74, 6) is -0.000217. The minimum atomic E-state index is -0.0262. The van der Waals surface area contributed by atoms with Crippen LogP contribution in [0.2, 0.25) is 0 Å². The van der Waals surface area contributed by atoms with E-state index < -0.39 is 0 Å². The van der Waals surface area contributed by atoms with Gasteiger partial charge in [0.25, 0.3) is 0 Å². The number of ether oxygens (including phenoxy) is 1. The van der Waals surface area contributed by atoms with Crippen LogP contribution in [-0.2, 0) is 9.53 Å². The molecule has 2 fully saturated rings. The summed E-state index contributed by atoms with van der Waals surface area (Å²) < 4.78 is 6.01. The van der Waals surface area contributed by atoms with Gasteiger partial charge in [-0.2, -0.15) is 0 Å². The lowest BCUT2D eigenvalue weighted by Crippen LogP contribution is -2.23. The Hall–Kier alpha value is -2.69. The number of hydrogen-bond acceptors (Lipinski definition) is 4. The summed E-state index contributed by atoms with van der Waals surface area (Å²) in [6.07, 6.45) is 120. The SMILES string of the molecule is C.C.CCCCC/C=C\C/C=C\CCCCCCCCCC1(CCCCCCCCC/C=C\C/C=C\CCCCC)CCC(O)C1.CCCCC/C=C\C/C=C\CCCCCCCCCC1(CCCCCCCCC/C=C\C/C=C\CCCCC)CCC(OC(=O)CCN(C)C)C1. The zero-order valence-electron chi connectivity index (χ0n) is 64.9. The number of carbonyl (C=O) groups excluding carboxylic acids is 1. The Balaban J connectivity index is 0. The van der Waals surface area contributed by atoms with E-state index in [-0.39, 0.29) is 33.0 Å². The van der Waals surface area contributed by atoms with Crippen molar-refractivity contribution in [1.29, 1.82) is 0 Å². The van der Waals surface area contributed by atoms with Gasteiger partial charge < -0.3 is 14.7 Å². The van der Waals surface area contributed by atoms with Crippen molar-refractivity contribution in [2.24, 2.45) is 10.8 Å². The second kappa shape index (κ2) is 76.0. The van der Waals surface area contributed by atoms with Gasteiger partial charge in [-0.3, -0.25) is 4.79 Å². The number of nitrogens with zero attached hydrogens (tertiary/aromatic N) is 1. The number of aliphatic hydroxyl groups excluding tert-OH is 1. The third kappa shape index (κ3) is 66.3. The molecule has 2 aliphatic carbocycles. The van der Waals surface area contributed by atoms with Crippen molar-refractivity contribution in [2.75, 3.05) is 20.6 Å². The molecule has 0 aromatic carbocycles. The highest BCUT2D eigenvalue weighted by Gasteiger charge is 2.40. The lowest BCUT2D eigenvalue weighted by Gasteiger charge is -2.30. The predicted molar refractivity (Wildman–Crippen MR) is 439 cm³/mol. The van der Waals surface area contributed by atoms with Crippen LogP contribution in [0.15, 0.2) is 97.2 Å². The van der Waals surface area contributed by atoms with Crippen LogP contribution >= 0.6 is 0 Å². The molecule has 0 spiro atoms. The Bertz CT molecular complexity index is 1750. The van der Waals surface area contributed by atoms with E-state index in [2.05, 4.69) is 130 Å². The first-order valence-corrected chi connectivity index (χ1v) is 42.5. The van der Waals surface area contributed by atoms with Crippen molar-refractivity contribution >= 4 is 5.97 Å². The Morgan fingerprint density at radius 1 is 0.340 bits per heavy atom. The fourth-order valence-electron chi connectivity index (χ4n) is 14.8. The lowest BCUT2D eigenvalue weighted by atomic mass is 9.76. The molecule has 2 atom stereocenters. The summed E-state index contributed by atoms with van der Waals surface area (Å²) >= 11 is 0. The third-order valence-electron chi connectivity index (χ3n) is 21.0. The first-order chi connectivity index (χ1) is 46.7. The molecule has 0 radical (unpaired) electrons. The van der Waals surface area contributed by atoms with Crippen LogP contribution in [0.1, 0.15) is 447 Å². The van der Waals surface area contributed by atoms with E-state index in [0.29, 0.717) is 17.3 Å². The fraction of sp³-hybridized carbons (Fsp3) is 0.817. The lowest BCUT2D eigenvalue weighted by molar-refractivity contribution is -0.149. The van der Waals surface area contributed by atoms with Gasteiger partial charge in [-0.25, -0.2) is 0 Å². The molecule has 2 rings (SSSR count). The molecule has 0 aliphatic heterocycles. The van der Waals surface area contributed by atoms with Crippen molar-refractivity contribution in [1.82, 2.24) is 4.90 Å². The molecule has 97 heavy (non-hydrogen) atoms. The standard InChI is InChI=1S/C48H87NO2.C43H78O.2CH4/c1-5-7-9-11-13-15-17-19-21-23-25-27-29-31-33-35-37-41-48(43-39-46(45-48)51-47(50)40-44-49(3)4)42-38-36-34-32-30-28-26-24-22-20-18-16-14-12-10-8-6-2;1-3-5-7-9-11-13-15-17-19-21-23-25-27-29-31-33-35-38-43(40-37-42(44)41-43)39-36-34-32-30-28-26-24-22-20-18-16-14-12-10-8-6-4-2;;/h13-16,19-22,46H,5-12,17-18,23-45H2,1-4H3;11-14,17-20,42,44H,3-10,15-16,21-41H2,1-2H3;2*1H4/b15-13-,16-14-,21-19-,22-20-;13-11-,14-12-,19-17-,20-18-;;. The van der Waals surface area contributed by atoms with Gasteiger partial charge in [0.05, 0.1) is 12.5 Å². The summed E-state index contributed by atoms with van der Waals surface area (Å²) in [4.78, 5) is 14.6. The molecule has 2 saturated carbocycles. The second-order valence-corrected chi connectivity index (χ2v) is 30.6. The highest BCUT2D eigenvalue weighted by molar-refractivity contribution is 5.69. The van der Waals surface area contributed by atoms with E-state index in [0.717, 1.165) is 57.9 Å². The molecule has 0 amide bonds. The molecule has 2 unspecified atom stereocenters. The highest BCUT2D eigenvalue weighted by Crippen LogP contribution is 2.48. The molecule has 568 valence electrons. The van der Waals surface area contributed by atoms with Crippen LogP contribution in [-0.4, -0.2) is 48.8 Å². The van der Waals surface area contributed by atoms with Crippen LogP contribution < -0.4 is 0 Å². The van der Waals surface area contributed by atoms with Gasteiger partial charge in [0, 0.05) is 6.54 Å². The molecular weight excluding hydrogens is 1180 g/mol. The molecule has 4 nitrogen and oxygen atoms in total. The van der Waals surface area contributed by atoms with Gasteiger partial charge in [0.15, 0.2) is 0 Å². The summed E-state index contributed by atoms with van der Waals surface area (Å²) in [6.45, 7) is 9.85. The van der Waals surface area contributed by atoms with Crippen molar-refractivity contribution in [2.45, 2.75) is 459 Å². The summed E-state index contributed by atoms with van der Waals surface area (Å²) in [5, 5.41) is 10.3. The molecule has 0 heterocycles. The summed E-state index contributed by atoms with van der Waals surface area (Å²) in [7, 11) is 4.05. The molecule has 0 saturated heterocycles. The number of carbonyl (C=O) groups is 1. The van der Waals surface area contributed by atoms with Crippen LogP contribution in [0.4, 0.5) is 0 Å². The van der Waals surface area contributed by atoms with E-state index in [4.69, 9.17) is 4.74 Å². The van der Waals surface area contributed by atoms with Crippen LogP contribution in [0, 0.1) is 10.8 Å². The molecule has 1 N–H and O–H groups in total. The maximum atomic E-state index is 12.5. The Morgan fingerprint density at radius 2 is 0.577 bits per heavy atom. The van der Waals surface area contributed by atoms with Gasteiger partial charge >= 0.3 is 5.97 Å². The number of allylic oxidation sites excluding steroid dienone is 16. The normalized spacial score (nSPS) is 16.3. The number of hydrogen-bond donors (Lipinski definition) is 1. The van der Waals surface area contributed by atoms with E-state index in [1.165, 1.54) is 347 Å². The Kier molecular flexibility index (Phi) is 75.5. The quantitative estimate of drug-likeness (QED) is 0.0375. The van der Waals surface area contributed by atoms with Gasteiger partial charge in [-0.15, -0.1) is 0 Å². The zero-order chi connectivity index (χ0) is 68.6. The average Bonchev–Trinajstić information content (AvgIpc) is 1.71. The van der Waals surface area contributed by atoms with E-state index >= 15 is 0 Å². The maximum Gasteiger partial charge on any atom is 0.307 e. The van der Waals surface area contributed by atoms with Gasteiger partial charge in [0.2, 0.25) is 0 Å². The van der Waals surface area contributed by atoms with E-state index in [1.807, 2.05) is 14.1 Å². The maximum absolute atomic E-state index is 12.5. The minimum absolute atomic E-state index is 0. The van der Waals surface area contributed by atoms with Crippen molar-refractivity contribution in [3.8, 4) is 0 Å². The largest absolute Gasteiger partial charge is 0.462 e. The first kappa shape index (κ1) is 96.4. The molecular formula is C93H173NO3. The van der Waals surface area contributed by atoms with Crippen LogP contribution in [0.25, 0.3) is 0 Å². The number of unbranched alkanes of at least 4 members (excludes halogenated alkanes) is 40. The predicted octanol–water partition coefficient (Wildman–Crippen LogP) is 31.2. The van der Waals surface area contributed by atoms with Gasteiger partial charge in [-0.05, 0) is 218 Å². The zero-order valence-corrected chi connectivity index (χ0v) is 64.9. The first-order valence-electron chi connectivity index (χ1n) is 42.5. The molecule has 0 bridgehead atoms. The smallest absolute Gasteiger partial charge is 0.307 e. The minimum Gasteiger partial charge on any atom is -0.462 e. The van der Waals surface area contributed by atoms with Crippen LogP contribution in [0.5, 0.6) is 0 Å². The third-order valence-corrected chi connectivity index (χ3v) is 21.0. The van der Waals surface area contributed by atoms with E-state index in [1.54, 1.807) is 0 Å². The second-order valence-electron chi connectivity index (χ2n) is 30.6. The molecule has 0 aromatic heterocycles. The monoisotopic (exact) mass is 1350 g/mol. The topological polar surface area (TPSA) is 49.8 Å². The fourth-order valence-corrected chi connectivity index (χ4v) is 14.8. The number of esters is 1.